The van der Waals surface area contributed by atoms with Gasteiger partial charge in [0.05, 0.1) is 22.5 Å². The van der Waals surface area contributed by atoms with Crippen LogP contribution >= 0.6 is 15.9 Å². The van der Waals surface area contributed by atoms with Crippen LogP contribution in [0.25, 0.3) is 17.4 Å². The quantitative estimate of drug-likeness (QED) is 0.552. The monoisotopic (exact) mass is 450 g/mol. The van der Waals surface area contributed by atoms with Crippen LogP contribution in [0.4, 0.5) is 5.69 Å². The van der Waals surface area contributed by atoms with Crippen LogP contribution in [0.1, 0.15) is 23.0 Å². The molecule has 0 spiro atoms. The molecule has 0 unspecified atom stereocenters. The van der Waals surface area contributed by atoms with Crippen molar-refractivity contribution in [2.75, 3.05) is 5.01 Å². The van der Waals surface area contributed by atoms with Gasteiger partial charge in [0.1, 0.15) is 11.5 Å². The Hall–Kier alpha value is -3.45. The first-order valence-corrected chi connectivity index (χ1v) is 9.52. The van der Waals surface area contributed by atoms with Crippen molar-refractivity contribution >= 4 is 45.3 Å². The maximum absolute atomic E-state index is 12.8. The van der Waals surface area contributed by atoms with Gasteiger partial charge in [-0.3, -0.25) is 4.79 Å². The van der Waals surface area contributed by atoms with Gasteiger partial charge in [-0.25, -0.2) is 4.79 Å². The van der Waals surface area contributed by atoms with E-state index in [9.17, 15) is 9.59 Å². The number of furan rings is 1. The van der Waals surface area contributed by atoms with Crippen molar-refractivity contribution in [1.29, 1.82) is 0 Å². The van der Waals surface area contributed by atoms with Gasteiger partial charge in [0.15, 0.2) is 0 Å². The van der Waals surface area contributed by atoms with Crippen LogP contribution in [0.15, 0.2) is 80.2 Å². The van der Waals surface area contributed by atoms with Gasteiger partial charge in [0.2, 0.25) is 0 Å². The van der Waals surface area contributed by atoms with Gasteiger partial charge in [-0.05, 0) is 55.5 Å². The molecule has 0 fully saturated rings. The molecule has 6 nitrogen and oxygen atoms in total. The normalized spacial score (nSPS) is 15.1. The van der Waals surface area contributed by atoms with Crippen molar-refractivity contribution in [2.24, 2.45) is 5.10 Å². The molecular formula is C22H15BrN2O4. The number of anilines is 1. The maximum Gasteiger partial charge on any atom is 0.335 e. The molecule has 1 aliphatic rings. The molecule has 3 aromatic rings. The summed E-state index contributed by atoms with van der Waals surface area (Å²) in [6.45, 7) is 1.77. The Morgan fingerprint density at radius 3 is 2.69 bits per heavy atom. The Morgan fingerprint density at radius 2 is 1.93 bits per heavy atom. The van der Waals surface area contributed by atoms with Gasteiger partial charge in [-0.1, -0.05) is 34.1 Å². The first kappa shape index (κ1) is 18.9. The molecule has 0 bridgehead atoms. The minimum Gasteiger partial charge on any atom is -0.478 e. The lowest BCUT2D eigenvalue weighted by Gasteiger charge is -2.11. The summed E-state index contributed by atoms with van der Waals surface area (Å²) in [4.78, 5) is 24.0. The number of halogens is 1. The molecule has 0 saturated heterocycles. The Labute approximate surface area is 174 Å². The molecule has 4 rings (SSSR count). The first-order valence-electron chi connectivity index (χ1n) is 8.73. The zero-order valence-electron chi connectivity index (χ0n) is 15.3. The summed E-state index contributed by atoms with van der Waals surface area (Å²) in [7, 11) is 0. The third-order valence-corrected chi connectivity index (χ3v) is 4.92. The fourth-order valence-corrected chi connectivity index (χ4v) is 3.39. The van der Waals surface area contributed by atoms with E-state index in [-0.39, 0.29) is 11.5 Å². The highest BCUT2D eigenvalue weighted by atomic mass is 79.9. The number of carboxylic acids is 1. The van der Waals surface area contributed by atoms with Crippen LogP contribution in [0, 0.1) is 0 Å². The molecule has 2 heterocycles. The van der Waals surface area contributed by atoms with E-state index in [1.807, 2.05) is 24.3 Å². The first-order chi connectivity index (χ1) is 13.9. The van der Waals surface area contributed by atoms with E-state index in [2.05, 4.69) is 21.0 Å². The van der Waals surface area contributed by atoms with Crippen LogP contribution in [-0.4, -0.2) is 22.7 Å². The van der Waals surface area contributed by atoms with Gasteiger partial charge in [0.25, 0.3) is 5.91 Å². The zero-order chi connectivity index (χ0) is 20.5. The topological polar surface area (TPSA) is 83.1 Å². The summed E-state index contributed by atoms with van der Waals surface area (Å²) < 4.78 is 6.67. The fraction of sp³-hybridized carbons (Fsp3) is 0.0455. The van der Waals surface area contributed by atoms with E-state index in [0.29, 0.717) is 34.1 Å². The van der Waals surface area contributed by atoms with Gasteiger partial charge in [-0.15, -0.1) is 0 Å². The molecule has 1 N–H and O–H groups in total. The van der Waals surface area contributed by atoms with Crippen LogP contribution < -0.4 is 5.01 Å². The Balaban J connectivity index is 1.62. The van der Waals surface area contributed by atoms with Crippen LogP contribution in [0.5, 0.6) is 0 Å². The molecule has 1 aromatic heterocycles. The van der Waals surface area contributed by atoms with Gasteiger partial charge < -0.3 is 9.52 Å². The number of aromatic carboxylic acids is 1. The summed E-state index contributed by atoms with van der Waals surface area (Å²) in [5.41, 5.74) is 2.51. The molecule has 1 aliphatic heterocycles. The number of carbonyl (C=O) groups is 2. The summed E-state index contributed by atoms with van der Waals surface area (Å²) in [5, 5.41) is 14.9. The van der Waals surface area contributed by atoms with E-state index < -0.39 is 5.97 Å². The minimum absolute atomic E-state index is 0.178. The molecule has 0 aliphatic carbocycles. The average molecular weight is 451 g/mol. The second kappa shape index (κ2) is 7.52. The zero-order valence-corrected chi connectivity index (χ0v) is 16.9. The fourth-order valence-electron chi connectivity index (χ4n) is 3.00. The number of hydrogen-bond donors (Lipinski definition) is 1. The highest BCUT2D eigenvalue weighted by molar-refractivity contribution is 9.10. The molecule has 144 valence electrons. The van der Waals surface area contributed by atoms with Crippen molar-refractivity contribution in [3.8, 4) is 11.3 Å². The van der Waals surface area contributed by atoms with Gasteiger partial charge >= 0.3 is 5.97 Å². The third-order valence-electron chi connectivity index (χ3n) is 4.42. The second-order valence-corrected chi connectivity index (χ2v) is 7.34. The van der Waals surface area contributed by atoms with Crippen molar-refractivity contribution in [1.82, 2.24) is 0 Å². The molecule has 0 saturated carbocycles. The molecule has 1 amide bonds. The smallest absolute Gasteiger partial charge is 0.335 e. The molecule has 0 atom stereocenters. The number of hydrazone groups is 1. The summed E-state index contributed by atoms with van der Waals surface area (Å²) in [6, 6.07) is 17.3. The number of carboxylic acid groups (broad SMARTS) is 1. The average Bonchev–Trinajstić information content (AvgIpc) is 3.28. The summed E-state index contributed by atoms with van der Waals surface area (Å²) in [6.07, 6.45) is 1.64. The number of rotatable bonds is 4. The lowest BCUT2D eigenvalue weighted by molar-refractivity contribution is -0.114. The van der Waals surface area contributed by atoms with Crippen molar-refractivity contribution in [3.05, 3.63) is 82.0 Å². The van der Waals surface area contributed by atoms with E-state index >= 15 is 0 Å². The number of amides is 1. The third kappa shape index (κ3) is 3.77. The predicted molar refractivity (Wildman–Crippen MR) is 114 cm³/mol. The van der Waals surface area contributed by atoms with Crippen LogP contribution in [0.2, 0.25) is 0 Å². The highest BCUT2D eigenvalue weighted by Crippen LogP contribution is 2.29. The SMILES string of the molecule is CC1=NN(c2cccc(Br)c2)C(=O)/C1=C\c1ccc(-c2cccc(C(=O)O)c2)o1. The van der Waals surface area contributed by atoms with Crippen molar-refractivity contribution < 1.29 is 19.1 Å². The van der Waals surface area contributed by atoms with E-state index in [0.717, 1.165) is 4.47 Å². The molecule has 0 radical (unpaired) electrons. The van der Waals surface area contributed by atoms with Gasteiger partial charge in [0, 0.05) is 10.0 Å². The minimum atomic E-state index is -1.00. The Kier molecular flexibility index (Phi) is 4.90. The molecule has 7 heteroatoms. The highest BCUT2D eigenvalue weighted by Gasteiger charge is 2.29. The molecule has 29 heavy (non-hydrogen) atoms. The number of nitrogens with zero attached hydrogens (tertiary/aromatic N) is 2. The Bertz CT molecular complexity index is 1190. The second-order valence-electron chi connectivity index (χ2n) is 6.43. The molecular weight excluding hydrogens is 436 g/mol. The van der Waals surface area contributed by atoms with Crippen LogP contribution in [-0.2, 0) is 4.79 Å². The van der Waals surface area contributed by atoms with Gasteiger partial charge in [-0.2, -0.15) is 10.1 Å². The van der Waals surface area contributed by atoms with E-state index in [1.54, 1.807) is 43.3 Å². The predicted octanol–water partition coefficient (Wildman–Crippen LogP) is 5.21. The van der Waals surface area contributed by atoms with Crippen molar-refractivity contribution in [2.45, 2.75) is 6.92 Å². The lowest BCUT2D eigenvalue weighted by atomic mass is 10.1. The Morgan fingerprint density at radius 1 is 1.14 bits per heavy atom. The van der Waals surface area contributed by atoms with E-state index in [4.69, 9.17) is 9.52 Å². The number of benzene rings is 2. The maximum atomic E-state index is 12.8. The van der Waals surface area contributed by atoms with Crippen molar-refractivity contribution in [3.63, 3.8) is 0 Å². The molecule has 2 aromatic carbocycles. The number of carbonyl (C=O) groups excluding carboxylic acids is 1. The van der Waals surface area contributed by atoms with E-state index in [1.165, 1.54) is 11.1 Å². The summed E-state index contributed by atoms with van der Waals surface area (Å²) in [5.74, 6) is -0.248. The standard InChI is InChI=1S/C22H15BrN2O4/c1-13-19(21(26)25(24-13)17-7-3-6-16(23)11-17)12-18-8-9-20(29-18)14-4-2-5-15(10-14)22(27)28/h2-12H,1H3,(H,27,28)/b19-12-. The van der Waals surface area contributed by atoms with Crippen LogP contribution in [0.3, 0.4) is 0 Å². The lowest BCUT2D eigenvalue weighted by Crippen LogP contribution is -2.21. The summed E-state index contributed by atoms with van der Waals surface area (Å²) >= 11 is 3.40. The number of hydrogen-bond acceptors (Lipinski definition) is 4. The largest absolute Gasteiger partial charge is 0.478 e.